The highest BCUT2D eigenvalue weighted by Crippen LogP contribution is 2.24. The molecule has 1 unspecified atom stereocenters. The molecule has 1 aromatic rings. The summed E-state index contributed by atoms with van der Waals surface area (Å²) in [6.07, 6.45) is 0.0388. The first-order valence-corrected chi connectivity index (χ1v) is 6.99. The molecule has 0 saturated carbocycles. The molecular formula is C14H15BrN2O3. The van der Waals surface area contributed by atoms with Crippen LogP contribution in [0.1, 0.15) is 18.9 Å². The summed E-state index contributed by atoms with van der Waals surface area (Å²) in [5.74, 6) is -1.07. The molecule has 2 rings (SSSR count). The summed E-state index contributed by atoms with van der Waals surface area (Å²) >= 11 is 3.44. The van der Waals surface area contributed by atoms with Gasteiger partial charge in [-0.15, -0.1) is 0 Å². The van der Waals surface area contributed by atoms with Gasteiger partial charge in [-0.25, -0.2) is 5.01 Å². The number of esters is 1. The van der Waals surface area contributed by atoms with Crippen molar-refractivity contribution in [2.24, 2.45) is 11.0 Å². The smallest absolute Gasteiger partial charge is 0.306 e. The molecule has 0 N–H and O–H groups in total. The molecule has 20 heavy (non-hydrogen) atoms. The van der Waals surface area contributed by atoms with Gasteiger partial charge in [0.1, 0.15) is 0 Å². The van der Waals surface area contributed by atoms with Crippen LogP contribution in [0.3, 0.4) is 0 Å². The number of carbonyl (C=O) groups excluding carboxylic acids is 2. The van der Waals surface area contributed by atoms with Crippen molar-refractivity contribution in [2.75, 3.05) is 7.11 Å². The van der Waals surface area contributed by atoms with Gasteiger partial charge in [-0.05, 0) is 18.6 Å². The van der Waals surface area contributed by atoms with Gasteiger partial charge in [0.2, 0.25) is 0 Å². The molecule has 0 aromatic heterocycles. The maximum absolute atomic E-state index is 12.3. The quantitative estimate of drug-likeness (QED) is 0.791. The fourth-order valence-corrected chi connectivity index (χ4v) is 2.46. The molecule has 1 aromatic carbocycles. The van der Waals surface area contributed by atoms with E-state index in [1.54, 1.807) is 6.92 Å². The van der Waals surface area contributed by atoms with Crippen LogP contribution in [-0.4, -0.2) is 29.7 Å². The van der Waals surface area contributed by atoms with E-state index in [-0.39, 0.29) is 12.3 Å². The number of hydrogen-bond acceptors (Lipinski definition) is 4. The second-order valence-corrected chi connectivity index (χ2v) is 5.42. The highest BCUT2D eigenvalue weighted by Gasteiger charge is 2.35. The number of methoxy groups -OCH3 is 1. The van der Waals surface area contributed by atoms with E-state index in [9.17, 15) is 9.59 Å². The van der Waals surface area contributed by atoms with Crippen molar-refractivity contribution in [2.45, 2.75) is 19.9 Å². The second kappa shape index (κ2) is 6.17. The number of amides is 1. The number of hydrogen-bond donors (Lipinski definition) is 0. The number of halogens is 1. The molecule has 106 valence electrons. The summed E-state index contributed by atoms with van der Waals surface area (Å²) in [4.78, 5) is 23.6. The van der Waals surface area contributed by atoms with E-state index in [1.807, 2.05) is 24.3 Å². The normalized spacial score (nSPS) is 18.1. The van der Waals surface area contributed by atoms with E-state index in [2.05, 4.69) is 25.8 Å². The molecule has 1 aliphatic rings. The minimum atomic E-state index is -0.509. The number of ether oxygens (including phenoxy) is 1. The van der Waals surface area contributed by atoms with Gasteiger partial charge in [0.25, 0.3) is 5.91 Å². The van der Waals surface area contributed by atoms with E-state index in [0.717, 1.165) is 10.0 Å². The Morgan fingerprint density at radius 3 is 2.80 bits per heavy atom. The zero-order chi connectivity index (χ0) is 14.7. The predicted molar refractivity (Wildman–Crippen MR) is 77.9 cm³/mol. The fourth-order valence-electron chi connectivity index (χ4n) is 2.05. The zero-order valence-corrected chi connectivity index (χ0v) is 12.9. The molecular weight excluding hydrogens is 324 g/mol. The summed E-state index contributed by atoms with van der Waals surface area (Å²) in [6, 6.07) is 7.66. The maximum Gasteiger partial charge on any atom is 0.306 e. The predicted octanol–water partition coefficient (Wildman–Crippen LogP) is 2.35. The number of hydrazone groups is 1. The lowest BCUT2D eigenvalue weighted by Gasteiger charge is -2.14. The molecule has 0 radical (unpaired) electrons. The summed E-state index contributed by atoms with van der Waals surface area (Å²) in [6.45, 7) is 2.14. The van der Waals surface area contributed by atoms with Crippen molar-refractivity contribution in [3.8, 4) is 0 Å². The Kier molecular flexibility index (Phi) is 4.54. The molecule has 5 nitrogen and oxygen atoms in total. The van der Waals surface area contributed by atoms with Crippen molar-refractivity contribution in [1.29, 1.82) is 0 Å². The van der Waals surface area contributed by atoms with Gasteiger partial charge in [0.05, 0.1) is 26.0 Å². The van der Waals surface area contributed by atoms with Gasteiger partial charge in [0, 0.05) is 10.2 Å². The average Bonchev–Trinajstić information content (AvgIpc) is 2.69. The summed E-state index contributed by atoms with van der Waals surface area (Å²) in [5, 5.41) is 5.65. The molecule has 1 aliphatic heterocycles. The zero-order valence-electron chi connectivity index (χ0n) is 11.3. The Labute approximate surface area is 125 Å². The van der Waals surface area contributed by atoms with Gasteiger partial charge in [-0.3, -0.25) is 9.59 Å². The van der Waals surface area contributed by atoms with Crippen LogP contribution in [-0.2, 0) is 20.9 Å². The Morgan fingerprint density at radius 1 is 1.45 bits per heavy atom. The van der Waals surface area contributed by atoms with Crippen LogP contribution in [0.5, 0.6) is 0 Å². The van der Waals surface area contributed by atoms with E-state index in [0.29, 0.717) is 12.3 Å². The van der Waals surface area contributed by atoms with Crippen molar-refractivity contribution in [3.05, 3.63) is 34.3 Å². The number of rotatable bonds is 4. The minimum absolute atomic E-state index is 0.0388. The molecule has 1 amide bonds. The molecule has 0 aliphatic carbocycles. The van der Waals surface area contributed by atoms with Gasteiger partial charge in [0.15, 0.2) is 0 Å². The molecule has 1 atom stereocenters. The molecule has 0 saturated heterocycles. The molecule has 6 heteroatoms. The van der Waals surface area contributed by atoms with Crippen LogP contribution < -0.4 is 0 Å². The van der Waals surface area contributed by atoms with Crippen LogP contribution in [0.4, 0.5) is 0 Å². The number of benzene rings is 1. The lowest BCUT2D eigenvalue weighted by molar-refractivity contribution is -0.144. The molecule has 0 spiro atoms. The summed E-state index contributed by atoms with van der Waals surface area (Å²) in [7, 11) is 1.31. The van der Waals surface area contributed by atoms with Crippen LogP contribution >= 0.6 is 15.9 Å². The lowest BCUT2D eigenvalue weighted by atomic mass is 10.0. The average molecular weight is 339 g/mol. The van der Waals surface area contributed by atoms with Crippen LogP contribution in [0.25, 0.3) is 0 Å². The number of carbonyl (C=O) groups is 2. The summed E-state index contributed by atoms with van der Waals surface area (Å²) in [5.41, 5.74) is 1.61. The van der Waals surface area contributed by atoms with Gasteiger partial charge in [-0.1, -0.05) is 34.1 Å². The standard InChI is InChI=1S/C14H15BrN2O3/c1-9-11(7-13(18)20-2)14(19)17(16-9)8-10-5-3-4-6-12(10)15/h3-6,11H,7-8H2,1-2H3. The van der Waals surface area contributed by atoms with Gasteiger partial charge in [-0.2, -0.15) is 5.10 Å². The van der Waals surface area contributed by atoms with Crippen LogP contribution in [0.15, 0.2) is 33.8 Å². The Morgan fingerprint density at radius 2 is 2.15 bits per heavy atom. The van der Waals surface area contributed by atoms with Gasteiger partial charge >= 0.3 is 5.97 Å². The largest absolute Gasteiger partial charge is 0.469 e. The van der Waals surface area contributed by atoms with Gasteiger partial charge < -0.3 is 4.74 Å². The number of nitrogens with zero attached hydrogens (tertiary/aromatic N) is 2. The molecule has 1 heterocycles. The first-order valence-electron chi connectivity index (χ1n) is 6.19. The van der Waals surface area contributed by atoms with Crippen LogP contribution in [0.2, 0.25) is 0 Å². The van der Waals surface area contributed by atoms with Crippen molar-refractivity contribution in [1.82, 2.24) is 5.01 Å². The Hall–Kier alpha value is -1.69. The first-order chi connectivity index (χ1) is 9.52. The van der Waals surface area contributed by atoms with E-state index < -0.39 is 11.9 Å². The first kappa shape index (κ1) is 14.7. The highest BCUT2D eigenvalue weighted by atomic mass is 79.9. The highest BCUT2D eigenvalue weighted by molar-refractivity contribution is 9.10. The van der Waals surface area contributed by atoms with E-state index in [1.165, 1.54) is 12.1 Å². The third-order valence-electron chi connectivity index (χ3n) is 3.21. The monoisotopic (exact) mass is 338 g/mol. The lowest BCUT2D eigenvalue weighted by Crippen LogP contribution is -2.29. The molecule has 0 fully saturated rings. The summed E-state index contributed by atoms with van der Waals surface area (Å²) < 4.78 is 5.54. The second-order valence-electron chi connectivity index (χ2n) is 4.56. The van der Waals surface area contributed by atoms with E-state index >= 15 is 0 Å². The fraction of sp³-hybridized carbons (Fsp3) is 0.357. The SMILES string of the molecule is COC(=O)CC1C(=O)N(Cc2ccccc2Br)N=C1C. The molecule has 0 bridgehead atoms. The Bertz CT molecular complexity index is 571. The third kappa shape index (κ3) is 3.07. The maximum atomic E-state index is 12.3. The van der Waals surface area contributed by atoms with Crippen molar-refractivity contribution < 1.29 is 14.3 Å². The minimum Gasteiger partial charge on any atom is -0.469 e. The van der Waals surface area contributed by atoms with Crippen LogP contribution in [0, 0.1) is 5.92 Å². The van der Waals surface area contributed by atoms with Crippen molar-refractivity contribution >= 4 is 33.5 Å². The van der Waals surface area contributed by atoms with E-state index in [4.69, 9.17) is 0 Å². The Balaban J connectivity index is 2.10. The van der Waals surface area contributed by atoms with Crippen molar-refractivity contribution in [3.63, 3.8) is 0 Å². The topological polar surface area (TPSA) is 59.0 Å². The third-order valence-corrected chi connectivity index (χ3v) is 3.99.